The number of aryl methyl sites for hydroxylation is 1. The Balaban J connectivity index is 1.83. The number of halogens is 2. The Morgan fingerprint density at radius 3 is 2.40 bits per heavy atom. The van der Waals surface area contributed by atoms with E-state index in [1.807, 2.05) is 13.0 Å². The van der Waals surface area contributed by atoms with Crippen molar-refractivity contribution in [3.05, 3.63) is 94.3 Å². The van der Waals surface area contributed by atoms with Crippen LogP contribution in [-0.4, -0.2) is 14.3 Å². The third kappa shape index (κ3) is 5.17. The highest BCUT2D eigenvalue weighted by atomic mass is 35.5. The molecule has 5 nitrogen and oxygen atoms in total. The molecule has 1 atom stereocenters. The van der Waals surface area contributed by atoms with Crippen LogP contribution in [0.15, 0.2) is 71.6 Å². The molecule has 0 aromatic heterocycles. The van der Waals surface area contributed by atoms with Crippen LogP contribution in [0.2, 0.25) is 5.02 Å². The third-order valence-electron chi connectivity index (χ3n) is 4.48. The summed E-state index contributed by atoms with van der Waals surface area (Å²) in [6.07, 6.45) is 0. The first-order valence-corrected chi connectivity index (χ1v) is 11.0. The van der Waals surface area contributed by atoms with Gasteiger partial charge in [0.25, 0.3) is 15.9 Å². The minimum absolute atomic E-state index is 0.0257. The van der Waals surface area contributed by atoms with Crippen LogP contribution in [0.1, 0.15) is 34.5 Å². The van der Waals surface area contributed by atoms with Crippen molar-refractivity contribution in [1.82, 2.24) is 5.32 Å². The number of sulfonamides is 1. The Morgan fingerprint density at radius 2 is 1.73 bits per heavy atom. The van der Waals surface area contributed by atoms with E-state index in [0.717, 1.165) is 5.56 Å². The molecule has 30 heavy (non-hydrogen) atoms. The predicted molar refractivity (Wildman–Crippen MR) is 116 cm³/mol. The molecule has 0 aliphatic heterocycles. The summed E-state index contributed by atoms with van der Waals surface area (Å²) in [5.41, 5.74) is 2.05. The summed E-state index contributed by atoms with van der Waals surface area (Å²) in [4.78, 5) is 12.6. The second-order valence-electron chi connectivity index (χ2n) is 6.86. The summed E-state index contributed by atoms with van der Waals surface area (Å²) in [6, 6.07) is 16.2. The van der Waals surface area contributed by atoms with Gasteiger partial charge in [0.1, 0.15) is 5.82 Å². The van der Waals surface area contributed by atoms with Crippen LogP contribution in [0.3, 0.4) is 0 Å². The van der Waals surface area contributed by atoms with E-state index in [4.69, 9.17) is 11.6 Å². The number of benzene rings is 3. The zero-order chi connectivity index (χ0) is 21.9. The van der Waals surface area contributed by atoms with Gasteiger partial charge in [-0.2, -0.15) is 0 Å². The van der Waals surface area contributed by atoms with Crippen LogP contribution in [0, 0.1) is 12.7 Å². The van der Waals surface area contributed by atoms with Crippen LogP contribution < -0.4 is 10.0 Å². The topological polar surface area (TPSA) is 75.3 Å². The summed E-state index contributed by atoms with van der Waals surface area (Å²) in [6.45, 7) is 3.59. The highest BCUT2D eigenvalue weighted by molar-refractivity contribution is 7.92. The Labute approximate surface area is 179 Å². The molecule has 1 amide bonds. The number of hydrogen-bond donors (Lipinski definition) is 2. The minimum Gasteiger partial charge on any atom is -0.345 e. The fourth-order valence-corrected chi connectivity index (χ4v) is 4.16. The van der Waals surface area contributed by atoms with Gasteiger partial charge >= 0.3 is 0 Å². The first kappa shape index (κ1) is 21.8. The van der Waals surface area contributed by atoms with Crippen molar-refractivity contribution in [2.45, 2.75) is 24.8 Å². The van der Waals surface area contributed by atoms with E-state index in [1.165, 1.54) is 30.3 Å². The van der Waals surface area contributed by atoms with Crippen LogP contribution >= 0.6 is 11.6 Å². The second-order valence-corrected chi connectivity index (χ2v) is 8.95. The fraction of sp³-hybridized carbons (Fsp3) is 0.136. The largest absolute Gasteiger partial charge is 0.345 e. The number of carbonyl (C=O) groups is 1. The highest BCUT2D eigenvalue weighted by Gasteiger charge is 2.20. The van der Waals surface area contributed by atoms with Crippen molar-refractivity contribution >= 4 is 33.2 Å². The van der Waals surface area contributed by atoms with Crippen LogP contribution in [0.25, 0.3) is 0 Å². The van der Waals surface area contributed by atoms with Crippen LogP contribution in [0.4, 0.5) is 10.1 Å². The molecule has 3 rings (SSSR count). The number of hydrogen-bond acceptors (Lipinski definition) is 3. The first-order valence-electron chi connectivity index (χ1n) is 9.11. The van der Waals surface area contributed by atoms with Gasteiger partial charge in [0.05, 0.1) is 21.5 Å². The molecule has 2 N–H and O–H groups in total. The van der Waals surface area contributed by atoms with Crippen molar-refractivity contribution in [3.8, 4) is 0 Å². The van der Waals surface area contributed by atoms with Gasteiger partial charge in [-0.25, -0.2) is 12.8 Å². The summed E-state index contributed by atoms with van der Waals surface area (Å²) < 4.78 is 41.1. The molecule has 3 aromatic rings. The highest BCUT2D eigenvalue weighted by Crippen LogP contribution is 2.24. The van der Waals surface area contributed by atoms with Crippen LogP contribution in [0.5, 0.6) is 0 Å². The van der Waals surface area contributed by atoms with Gasteiger partial charge in [0, 0.05) is 5.69 Å². The van der Waals surface area contributed by atoms with Gasteiger partial charge in [0.2, 0.25) is 0 Å². The SMILES string of the molecule is Cc1cccc(NS(=O)(=O)c2ccc(Cl)c(C(=O)NC(C)c3ccc(F)cc3)c2)c1. The maximum atomic E-state index is 13.1. The summed E-state index contributed by atoms with van der Waals surface area (Å²) >= 11 is 6.15. The Morgan fingerprint density at radius 1 is 1.03 bits per heavy atom. The molecule has 3 aromatic carbocycles. The molecule has 0 heterocycles. The van der Waals surface area contributed by atoms with Gasteiger partial charge < -0.3 is 5.32 Å². The normalized spacial score (nSPS) is 12.3. The zero-order valence-electron chi connectivity index (χ0n) is 16.3. The average molecular weight is 447 g/mol. The molecule has 8 heteroatoms. The Bertz CT molecular complexity index is 1180. The predicted octanol–water partition coefficient (Wildman–Crippen LogP) is 5.08. The maximum Gasteiger partial charge on any atom is 0.261 e. The number of amides is 1. The molecule has 0 fully saturated rings. The van der Waals surface area contributed by atoms with Gasteiger partial charge in [-0.1, -0.05) is 35.9 Å². The number of nitrogens with one attached hydrogen (secondary N) is 2. The zero-order valence-corrected chi connectivity index (χ0v) is 17.9. The molecule has 0 aliphatic rings. The van der Waals surface area contributed by atoms with E-state index >= 15 is 0 Å². The molecule has 0 saturated carbocycles. The van der Waals surface area contributed by atoms with Crippen molar-refractivity contribution in [3.63, 3.8) is 0 Å². The van der Waals surface area contributed by atoms with Crippen molar-refractivity contribution in [2.24, 2.45) is 0 Å². The van der Waals surface area contributed by atoms with Gasteiger partial charge in [-0.3, -0.25) is 9.52 Å². The molecular formula is C22H20ClFN2O3S. The summed E-state index contributed by atoms with van der Waals surface area (Å²) in [5.74, 6) is -0.913. The first-order chi connectivity index (χ1) is 14.2. The number of anilines is 1. The maximum absolute atomic E-state index is 13.1. The van der Waals surface area contributed by atoms with E-state index in [-0.39, 0.29) is 21.3 Å². The molecular weight excluding hydrogens is 427 g/mol. The van der Waals surface area contributed by atoms with E-state index in [9.17, 15) is 17.6 Å². The molecule has 0 saturated heterocycles. The van der Waals surface area contributed by atoms with E-state index in [1.54, 1.807) is 37.3 Å². The fourth-order valence-electron chi connectivity index (χ4n) is 2.88. The lowest BCUT2D eigenvalue weighted by Crippen LogP contribution is -2.27. The van der Waals surface area contributed by atoms with Crippen molar-refractivity contribution in [2.75, 3.05) is 4.72 Å². The molecule has 1 unspecified atom stereocenters. The van der Waals surface area contributed by atoms with E-state index < -0.39 is 22.0 Å². The molecule has 0 aliphatic carbocycles. The van der Waals surface area contributed by atoms with E-state index in [0.29, 0.717) is 11.3 Å². The smallest absolute Gasteiger partial charge is 0.261 e. The lowest BCUT2D eigenvalue weighted by atomic mass is 10.1. The molecule has 156 valence electrons. The Hall–Kier alpha value is -2.90. The third-order valence-corrected chi connectivity index (χ3v) is 6.19. The van der Waals surface area contributed by atoms with Crippen molar-refractivity contribution < 1.29 is 17.6 Å². The quantitative estimate of drug-likeness (QED) is 0.554. The van der Waals surface area contributed by atoms with E-state index in [2.05, 4.69) is 10.0 Å². The molecule has 0 spiro atoms. The van der Waals surface area contributed by atoms with Gasteiger partial charge in [0.15, 0.2) is 0 Å². The van der Waals surface area contributed by atoms with Gasteiger partial charge in [-0.15, -0.1) is 0 Å². The molecule has 0 bridgehead atoms. The van der Waals surface area contributed by atoms with Crippen molar-refractivity contribution in [1.29, 1.82) is 0 Å². The lowest BCUT2D eigenvalue weighted by Gasteiger charge is -2.16. The minimum atomic E-state index is -3.92. The standard InChI is InChI=1S/C22H20ClFN2O3S/c1-14-4-3-5-18(12-14)26-30(28,29)19-10-11-21(23)20(13-19)22(27)25-15(2)16-6-8-17(24)9-7-16/h3-13,15,26H,1-2H3,(H,25,27). The average Bonchev–Trinajstić information content (AvgIpc) is 2.68. The summed E-state index contributed by atoms with van der Waals surface area (Å²) in [5, 5.41) is 2.87. The molecule has 0 radical (unpaired) electrons. The number of carbonyl (C=O) groups excluding carboxylic acids is 1. The Kier molecular flexibility index (Phi) is 6.43. The second kappa shape index (κ2) is 8.85. The monoisotopic (exact) mass is 446 g/mol. The van der Waals surface area contributed by atoms with Crippen LogP contribution in [-0.2, 0) is 10.0 Å². The van der Waals surface area contributed by atoms with Gasteiger partial charge in [-0.05, 0) is 67.4 Å². The summed E-state index contributed by atoms with van der Waals surface area (Å²) in [7, 11) is -3.92. The lowest BCUT2D eigenvalue weighted by molar-refractivity contribution is 0.0940. The number of rotatable bonds is 6.